The van der Waals surface area contributed by atoms with Crippen molar-refractivity contribution in [3.63, 3.8) is 0 Å². The van der Waals surface area contributed by atoms with Crippen LogP contribution in [-0.2, 0) is 17.9 Å². The Morgan fingerprint density at radius 3 is 2.72 bits per heavy atom. The third kappa shape index (κ3) is 4.70. The molecule has 1 amide bonds. The number of aromatic nitrogens is 1. The molecule has 0 saturated heterocycles. The van der Waals surface area contributed by atoms with E-state index in [9.17, 15) is 9.59 Å². The molecule has 152 valence electrons. The lowest BCUT2D eigenvalue weighted by molar-refractivity contribution is -0.121. The van der Waals surface area contributed by atoms with Gasteiger partial charge in [-0.3, -0.25) is 9.36 Å². The number of amides is 1. The Hall–Kier alpha value is -3.02. The summed E-state index contributed by atoms with van der Waals surface area (Å²) in [5.41, 5.74) is 2.32. The molecule has 0 atom stereocenters. The Kier molecular flexibility index (Phi) is 5.98. The van der Waals surface area contributed by atoms with Gasteiger partial charge in [-0.1, -0.05) is 30.3 Å². The maximum Gasteiger partial charge on any atom is 0.419 e. The quantitative estimate of drug-likeness (QED) is 0.626. The number of hydrogen-bond donors (Lipinski definition) is 1. The summed E-state index contributed by atoms with van der Waals surface area (Å²) in [5, 5.41) is 2.97. The first-order valence-corrected chi connectivity index (χ1v) is 10.3. The first kappa shape index (κ1) is 19.3. The Labute approximate surface area is 169 Å². The molecular formula is C23H26N2O4. The lowest BCUT2D eigenvalue weighted by Gasteiger charge is -2.16. The number of oxazole rings is 1. The Balaban J connectivity index is 1.28. The highest BCUT2D eigenvalue weighted by atomic mass is 16.5. The van der Waals surface area contributed by atoms with Crippen LogP contribution in [0.1, 0.15) is 44.1 Å². The highest BCUT2D eigenvalue weighted by Crippen LogP contribution is 2.26. The van der Waals surface area contributed by atoms with E-state index in [2.05, 4.69) is 5.32 Å². The molecule has 29 heavy (non-hydrogen) atoms. The summed E-state index contributed by atoms with van der Waals surface area (Å²) in [6.07, 6.45) is 5.84. The van der Waals surface area contributed by atoms with Crippen LogP contribution in [0.4, 0.5) is 0 Å². The molecule has 1 heterocycles. The zero-order valence-electron chi connectivity index (χ0n) is 16.4. The van der Waals surface area contributed by atoms with Gasteiger partial charge in [-0.2, -0.15) is 0 Å². The molecule has 6 heteroatoms. The average Bonchev–Trinajstić information content (AvgIpc) is 3.35. The number of carbonyl (C=O) groups excluding carboxylic acids is 1. The molecule has 1 aliphatic rings. The van der Waals surface area contributed by atoms with Gasteiger partial charge in [-0.05, 0) is 50.3 Å². The highest BCUT2D eigenvalue weighted by Gasteiger charge is 2.18. The van der Waals surface area contributed by atoms with E-state index in [4.69, 9.17) is 9.15 Å². The molecule has 3 aromatic rings. The Bertz CT molecular complexity index is 1030. The lowest BCUT2D eigenvalue weighted by atomic mass is 10.2. The van der Waals surface area contributed by atoms with Crippen LogP contribution in [-0.4, -0.2) is 16.6 Å². The van der Waals surface area contributed by atoms with E-state index in [0.29, 0.717) is 31.5 Å². The second kappa shape index (κ2) is 8.99. The summed E-state index contributed by atoms with van der Waals surface area (Å²) in [5.74, 6) is 0.433. The zero-order chi connectivity index (χ0) is 20.1. The molecule has 1 aliphatic carbocycles. The van der Waals surface area contributed by atoms with Crippen LogP contribution in [0.2, 0.25) is 0 Å². The molecule has 1 N–H and O–H groups in total. The molecule has 0 aliphatic heterocycles. The van der Waals surface area contributed by atoms with Gasteiger partial charge in [-0.15, -0.1) is 0 Å². The van der Waals surface area contributed by atoms with Crippen molar-refractivity contribution in [2.75, 3.05) is 0 Å². The van der Waals surface area contributed by atoms with Crippen LogP contribution >= 0.6 is 0 Å². The van der Waals surface area contributed by atoms with E-state index in [-0.39, 0.29) is 17.8 Å². The first-order chi connectivity index (χ1) is 14.2. The molecule has 2 aromatic carbocycles. The van der Waals surface area contributed by atoms with Crippen molar-refractivity contribution in [2.45, 2.75) is 57.7 Å². The summed E-state index contributed by atoms with van der Waals surface area (Å²) in [6.45, 7) is 0.890. The number of benzene rings is 2. The summed E-state index contributed by atoms with van der Waals surface area (Å²) < 4.78 is 12.9. The van der Waals surface area contributed by atoms with Crippen LogP contribution in [0, 0.1) is 0 Å². The van der Waals surface area contributed by atoms with Gasteiger partial charge in [0.1, 0.15) is 5.75 Å². The first-order valence-electron chi connectivity index (χ1n) is 10.3. The zero-order valence-corrected chi connectivity index (χ0v) is 16.4. The topological polar surface area (TPSA) is 73.5 Å². The number of aryl methyl sites for hydroxylation is 1. The minimum atomic E-state index is -0.385. The number of rotatable bonds is 8. The van der Waals surface area contributed by atoms with Crippen molar-refractivity contribution < 1.29 is 13.9 Å². The van der Waals surface area contributed by atoms with Crippen LogP contribution < -0.4 is 15.8 Å². The summed E-state index contributed by atoms with van der Waals surface area (Å²) >= 11 is 0. The lowest BCUT2D eigenvalue weighted by Crippen LogP contribution is -2.24. The summed E-state index contributed by atoms with van der Waals surface area (Å²) in [4.78, 5) is 24.3. The number of nitrogens with one attached hydrogen (secondary N) is 1. The Morgan fingerprint density at radius 2 is 1.86 bits per heavy atom. The van der Waals surface area contributed by atoms with Crippen LogP contribution in [0.15, 0.2) is 57.7 Å². The minimum Gasteiger partial charge on any atom is -0.490 e. The Morgan fingerprint density at radius 1 is 1.10 bits per heavy atom. The molecular weight excluding hydrogens is 368 g/mol. The third-order valence-corrected chi connectivity index (χ3v) is 5.40. The van der Waals surface area contributed by atoms with Crippen molar-refractivity contribution in [2.24, 2.45) is 0 Å². The second-order valence-electron chi connectivity index (χ2n) is 7.50. The van der Waals surface area contributed by atoms with Gasteiger partial charge in [0.2, 0.25) is 5.91 Å². The largest absolute Gasteiger partial charge is 0.490 e. The average molecular weight is 394 g/mol. The van der Waals surface area contributed by atoms with Crippen molar-refractivity contribution in [3.05, 3.63) is 64.6 Å². The van der Waals surface area contributed by atoms with Gasteiger partial charge in [0.05, 0.1) is 11.6 Å². The fraction of sp³-hybridized carbons (Fsp3) is 0.391. The van der Waals surface area contributed by atoms with Crippen molar-refractivity contribution in [3.8, 4) is 5.75 Å². The van der Waals surface area contributed by atoms with Crippen molar-refractivity contribution in [1.82, 2.24) is 9.88 Å². The van der Waals surface area contributed by atoms with Gasteiger partial charge in [0.15, 0.2) is 5.58 Å². The molecule has 1 saturated carbocycles. The molecule has 1 aromatic heterocycles. The third-order valence-electron chi connectivity index (χ3n) is 5.40. The van der Waals surface area contributed by atoms with E-state index < -0.39 is 0 Å². The van der Waals surface area contributed by atoms with E-state index in [1.807, 2.05) is 42.5 Å². The molecule has 0 spiro atoms. The van der Waals surface area contributed by atoms with Crippen LogP contribution in [0.5, 0.6) is 5.75 Å². The SMILES string of the molecule is O=C(CCCn1c(=O)oc2ccccc21)NCc1ccccc1OC1CCCC1. The molecule has 4 rings (SSSR count). The van der Waals surface area contributed by atoms with E-state index in [1.165, 1.54) is 12.8 Å². The van der Waals surface area contributed by atoms with Gasteiger partial charge in [-0.25, -0.2) is 4.79 Å². The molecule has 1 fully saturated rings. The predicted molar refractivity (Wildman–Crippen MR) is 111 cm³/mol. The normalized spacial score (nSPS) is 14.3. The van der Waals surface area contributed by atoms with E-state index in [1.54, 1.807) is 10.6 Å². The van der Waals surface area contributed by atoms with Gasteiger partial charge >= 0.3 is 5.76 Å². The maximum absolute atomic E-state index is 12.3. The molecule has 0 bridgehead atoms. The number of hydrogen-bond acceptors (Lipinski definition) is 4. The van der Waals surface area contributed by atoms with Crippen molar-refractivity contribution >= 4 is 17.0 Å². The monoisotopic (exact) mass is 394 g/mol. The molecule has 6 nitrogen and oxygen atoms in total. The number of para-hydroxylation sites is 3. The van der Waals surface area contributed by atoms with E-state index in [0.717, 1.165) is 29.7 Å². The predicted octanol–water partition coefficient (Wildman–Crippen LogP) is 4.01. The van der Waals surface area contributed by atoms with Gasteiger partial charge < -0.3 is 14.5 Å². The molecule has 0 unspecified atom stereocenters. The van der Waals surface area contributed by atoms with E-state index >= 15 is 0 Å². The standard InChI is InChI=1S/C23H26N2O4/c26-22(14-7-15-25-19-11-4-6-13-21(19)29-23(25)27)24-16-17-8-1-5-12-20(17)28-18-9-2-3-10-18/h1,4-6,8,11-13,18H,2-3,7,9-10,14-16H2,(H,24,26). The van der Waals surface area contributed by atoms with Crippen molar-refractivity contribution in [1.29, 1.82) is 0 Å². The summed E-state index contributed by atoms with van der Waals surface area (Å²) in [7, 11) is 0. The number of ether oxygens (including phenoxy) is 1. The van der Waals surface area contributed by atoms with Crippen LogP contribution in [0.3, 0.4) is 0 Å². The highest BCUT2D eigenvalue weighted by molar-refractivity contribution is 5.76. The molecule has 0 radical (unpaired) electrons. The number of nitrogens with zero attached hydrogens (tertiary/aromatic N) is 1. The van der Waals surface area contributed by atoms with Gasteiger partial charge in [0.25, 0.3) is 0 Å². The van der Waals surface area contributed by atoms with Crippen LogP contribution in [0.25, 0.3) is 11.1 Å². The number of carbonyl (C=O) groups is 1. The number of fused-ring (bicyclic) bond motifs is 1. The second-order valence-corrected chi connectivity index (χ2v) is 7.50. The fourth-order valence-corrected chi connectivity index (χ4v) is 3.86. The smallest absolute Gasteiger partial charge is 0.419 e. The summed E-state index contributed by atoms with van der Waals surface area (Å²) in [6, 6.07) is 15.2. The minimum absolute atomic E-state index is 0.0403. The maximum atomic E-state index is 12.3. The fourth-order valence-electron chi connectivity index (χ4n) is 3.86. The van der Waals surface area contributed by atoms with Gasteiger partial charge in [0, 0.05) is 25.1 Å².